The summed E-state index contributed by atoms with van der Waals surface area (Å²) in [6.45, 7) is 4.88. The predicted octanol–water partition coefficient (Wildman–Crippen LogP) is 2.74. The molecular formula is C20H24N4O4. The maximum Gasteiger partial charge on any atom is 0.336 e. The zero-order valence-corrected chi connectivity index (χ0v) is 16.2. The monoisotopic (exact) mass is 384 g/mol. The summed E-state index contributed by atoms with van der Waals surface area (Å²) in [5.74, 6) is 2.18. The number of hydrogen-bond acceptors (Lipinski definition) is 7. The first-order valence-electron chi connectivity index (χ1n) is 9.05. The number of aliphatic hydroxyl groups is 1. The van der Waals surface area contributed by atoms with Crippen molar-refractivity contribution in [1.82, 2.24) is 19.7 Å². The predicted molar refractivity (Wildman–Crippen MR) is 104 cm³/mol. The summed E-state index contributed by atoms with van der Waals surface area (Å²) in [7, 11) is 1.57. The Hall–Kier alpha value is -3.13. The SMILES string of the molecule is COc1ccc(-n2nc(OCC(C)C)nc2-c2ccc(OCCO)cc2)cn1. The van der Waals surface area contributed by atoms with Crippen LogP contribution in [0.4, 0.5) is 0 Å². The minimum absolute atomic E-state index is 0.0307. The summed E-state index contributed by atoms with van der Waals surface area (Å²) in [4.78, 5) is 8.80. The lowest BCUT2D eigenvalue weighted by molar-refractivity contribution is 0.201. The van der Waals surface area contributed by atoms with Gasteiger partial charge in [0.15, 0.2) is 5.82 Å². The van der Waals surface area contributed by atoms with E-state index in [9.17, 15) is 0 Å². The molecule has 0 atom stereocenters. The Bertz CT molecular complexity index is 876. The molecule has 2 aromatic heterocycles. The Morgan fingerprint density at radius 1 is 1.07 bits per heavy atom. The van der Waals surface area contributed by atoms with E-state index in [2.05, 4.69) is 28.9 Å². The molecule has 1 N–H and O–H groups in total. The Balaban J connectivity index is 1.94. The van der Waals surface area contributed by atoms with Crippen molar-refractivity contribution in [3.05, 3.63) is 42.6 Å². The molecule has 8 heteroatoms. The molecule has 0 aliphatic carbocycles. The molecule has 8 nitrogen and oxygen atoms in total. The highest BCUT2D eigenvalue weighted by atomic mass is 16.5. The summed E-state index contributed by atoms with van der Waals surface area (Å²) >= 11 is 0. The summed E-state index contributed by atoms with van der Waals surface area (Å²) in [5.41, 5.74) is 1.59. The van der Waals surface area contributed by atoms with Gasteiger partial charge in [-0.05, 0) is 36.2 Å². The topological polar surface area (TPSA) is 91.5 Å². The van der Waals surface area contributed by atoms with Crippen LogP contribution in [0.25, 0.3) is 17.1 Å². The highest BCUT2D eigenvalue weighted by molar-refractivity contribution is 5.59. The highest BCUT2D eigenvalue weighted by Gasteiger charge is 2.16. The molecule has 0 saturated heterocycles. The lowest BCUT2D eigenvalue weighted by Crippen LogP contribution is -2.06. The molecule has 0 amide bonds. The van der Waals surface area contributed by atoms with Crippen LogP contribution in [-0.4, -0.2) is 51.8 Å². The van der Waals surface area contributed by atoms with Crippen molar-refractivity contribution in [2.75, 3.05) is 26.9 Å². The maximum absolute atomic E-state index is 8.88. The van der Waals surface area contributed by atoms with Crippen LogP contribution in [0, 0.1) is 5.92 Å². The van der Waals surface area contributed by atoms with Gasteiger partial charge in [-0.3, -0.25) is 0 Å². The molecule has 0 bridgehead atoms. The number of nitrogens with zero attached hydrogens (tertiary/aromatic N) is 4. The van der Waals surface area contributed by atoms with Crippen molar-refractivity contribution < 1.29 is 19.3 Å². The first-order valence-corrected chi connectivity index (χ1v) is 9.05. The number of ether oxygens (including phenoxy) is 3. The van der Waals surface area contributed by atoms with E-state index in [-0.39, 0.29) is 13.2 Å². The van der Waals surface area contributed by atoms with Crippen LogP contribution in [-0.2, 0) is 0 Å². The van der Waals surface area contributed by atoms with Gasteiger partial charge in [0.25, 0.3) is 0 Å². The van der Waals surface area contributed by atoms with E-state index >= 15 is 0 Å². The van der Waals surface area contributed by atoms with Gasteiger partial charge in [-0.15, -0.1) is 5.10 Å². The van der Waals surface area contributed by atoms with Crippen LogP contribution in [0.5, 0.6) is 17.6 Å². The molecule has 0 aliphatic rings. The average Bonchev–Trinajstić information content (AvgIpc) is 3.15. The van der Waals surface area contributed by atoms with Crippen LogP contribution >= 0.6 is 0 Å². The number of aliphatic hydroxyl groups excluding tert-OH is 1. The van der Waals surface area contributed by atoms with Crippen molar-refractivity contribution >= 4 is 0 Å². The number of aromatic nitrogens is 4. The largest absolute Gasteiger partial charge is 0.491 e. The van der Waals surface area contributed by atoms with Gasteiger partial charge in [0, 0.05) is 11.6 Å². The zero-order chi connectivity index (χ0) is 19.9. The second-order valence-electron chi connectivity index (χ2n) is 6.49. The average molecular weight is 384 g/mol. The Labute approximate surface area is 163 Å². The van der Waals surface area contributed by atoms with Crippen LogP contribution in [0.1, 0.15) is 13.8 Å². The second kappa shape index (κ2) is 9.18. The normalized spacial score (nSPS) is 10.9. The Morgan fingerprint density at radius 2 is 1.86 bits per heavy atom. The van der Waals surface area contributed by atoms with Gasteiger partial charge < -0.3 is 19.3 Å². The summed E-state index contributed by atoms with van der Waals surface area (Å²) in [6.07, 6.45) is 1.67. The molecule has 0 fully saturated rings. The molecule has 3 aromatic rings. The third-order valence-electron chi connectivity index (χ3n) is 3.78. The first-order chi connectivity index (χ1) is 13.6. The van der Waals surface area contributed by atoms with E-state index < -0.39 is 0 Å². The molecule has 3 rings (SSSR count). The third kappa shape index (κ3) is 4.77. The van der Waals surface area contributed by atoms with Gasteiger partial charge in [-0.1, -0.05) is 13.8 Å². The van der Waals surface area contributed by atoms with Gasteiger partial charge in [-0.25, -0.2) is 9.67 Å². The second-order valence-corrected chi connectivity index (χ2v) is 6.49. The molecule has 0 radical (unpaired) electrons. The van der Waals surface area contributed by atoms with Crippen molar-refractivity contribution in [3.8, 4) is 34.7 Å². The van der Waals surface area contributed by atoms with Crippen LogP contribution in [0.2, 0.25) is 0 Å². The van der Waals surface area contributed by atoms with Gasteiger partial charge in [0.2, 0.25) is 5.88 Å². The van der Waals surface area contributed by atoms with Gasteiger partial charge >= 0.3 is 6.01 Å². The number of benzene rings is 1. The van der Waals surface area contributed by atoms with Crippen LogP contribution < -0.4 is 14.2 Å². The van der Waals surface area contributed by atoms with Crippen molar-refractivity contribution in [1.29, 1.82) is 0 Å². The minimum Gasteiger partial charge on any atom is -0.491 e. The maximum atomic E-state index is 8.88. The summed E-state index contributed by atoms with van der Waals surface area (Å²) < 4.78 is 17.9. The van der Waals surface area contributed by atoms with E-state index in [0.29, 0.717) is 36.0 Å². The fraction of sp³-hybridized carbons (Fsp3) is 0.350. The number of rotatable bonds is 9. The van der Waals surface area contributed by atoms with Gasteiger partial charge in [-0.2, -0.15) is 4.98 Å². The standard InChI is InChI=1S/C20H24N4O4/c1-14(2)13-28-20-22-19(15-4-7-17(8-5-15)27-11-10-25)24(23-20)16-6-9-18(26-3)21-12-16/h4-9,12,14,25H,10-11,13H2,1-3H3. The van der Waals surface area contributed by atoms with Crippen molar-refractivity contribution in [3.63, 3.8) is 0 Å². The molecule has 1 aromatic carbocycles. The van der Waals surface area contributed by atoms with Gasteiger partial charge in [0.05, 0.1) is 32.2 Å². The minimum atomic E-state index is -0.0307. The highest BCUT2D eigenvalue weighted by Crippen LogP contribution is 2.26. The molecule has 28 heavy (non-hydrogen) atoms. The first kappa shape index (κ1) is 19.6. The Kier molecular flexibility index (Phi) is 6.44. The van der Waals surface area contributed by atoms with Crippen LogP contribution in [0.3, 0.4) is 0 Å². The van der Waals surface area contributed by atoms with E-state index in [1.807, 2.05) is 30.3 Å². The van der Waals surface area contributed by atoms with E-state index in [4.69, 9.17) is 19.3 Å². The van der Waals surface area contributed by atoms with Crippen molar-refractivity contribution in [2.24, 2.45) is 5.92 Å². The fourth-order valence-corrected chi connectivity index (χ4v) is 2.44. The van der Waals surface area contributed by atoms with Crippen LogP contribution in [0.15, 0.2) is 42.6 Å². The molecular weight excluding hydrogens is 360 g/mol. The van der Waals surface area contributed by atoms with Gasteiger partial charge in [0.1, 0.15) is 12.4 Å². The third-order valence-corrected chi connectivity index (χ3v) is 3.78. The number of hydrogen-bond donors (Lipinski definition) is 1. The lowest BCUT2D eigenvalue weighted by Gasteiger charge is -2.07. The van der Waals surface area contributed by atoms with Crippen molar-refractivity contribution in [2.45, 2.75) is 13.8 Å². The molecule has 0 aliphatic heterocycles. The lowest BCUT2D eigenvalue weighted by atomic mass is 10.2. The molecule has 0 spiro atoms. The summed E-state index contributed by atoms with van der Waals surface area (Å²) in [6, 6.07) is 11.3. The fourth-order valence-electron chi connectivity index (χ4n) is 2.44. The molecule has 2 heterocycles. The number of methoxy groups -OCH3 is 1. The van der Waals surface area contributed by atoms with E-state index in [0.717, 1.165) is 11.3 Å². The number of pyridine rings is 1. The van der Waals surface area contributed by atoms with E-state index in [1.165, 1.54) is 0 Å². The molecule has 148 valence electrons. The Morgan fingerprint density at radius 3 is 2.46 bits per heavy atom. The smallest absolute Gasteiger partial charge is 0.336 e. The van der Waals surface area contributed by atoms with E-state index in [1.54, 1.807) is 24.1 Å². The zero-order valence-electron chi connectivity index (χ0n) is 16.2. The summed E-state index contributed by atoms with van der Waals surface area (Å²) in [5, 5.41) is 13.4. The molecule has 0 unspecified atom stereocenters. The molecule has 0 saturated carbocycles. The quantitative estimate of drug-likeness (QED) is 0.606.